The van der Waals surface area contributed by atoms with E-state index in [2.05, 4.69) is 12.2 Å². The summed E-state index contributed by atoms with van der Waals surface area (Å²) < 4.78 is 36.7. The molecule has 2 rings (SSSR count). The predicted molar refractivity (Wildman–Crippen MR) is 111 cm³/mol. The summed E-state index contributed by atoms with van der Waals surface area (Å²) in [6.45, 7) is 2.09. The van der Waals surface area contributed by atoms with Gasteiger partial charge in [0.25, 0.3) is 5.91 Å². The quantitative estimate of drug-likeness (QED) is 0.299. The van der Waals surface area contributed by atoms with Crippen LogP contribution in [0.5, 0.6) is 5.75 Å². The fraction of sp³-hybridized carbons (Fsp3) is 0.348. The molecule has 1 amide bonds. The van der Waals surface area contributed by atoms with Gasteiger partial charge in [-0.1, -0.05) is 19.8 Å². The summed E-state index contributed by atoms with van der Waals surface area (Å²) in [6, 6.07) is 9.35. The SMILES string of the molecule is CCCCCOc1ccc(C(=O)CCC(=O)OCC(=O)Nc2ccc(F)cc2F)cc1. The van der Waals surface area contributed by atoms with Crippen LogP contribution in [0.25, 0.3) is 0 Å². The molecule has 0 radical (unpaired) electrons. The number of halogens is 2. The molecular weight excluding hydrogens is 408 g/mol. The van der Waals surface area contributed by atoms with Crippen LogP contribution in [-0.4, -0.2) is 30.9 Å². The lowest BCUT2D eigenvalue weighted by molar-refractivity contribution is -0.147. The van der Waals surface area contributed by atoms with Crippen molar-refractivity contribution in [2.24, 2.45) is 0 Å². The molecule has 0 aliphatic heterocycles. The molecule has 0 aliphatic carbocycles. The van der Waals surface area contributed by atoms with Crippen LogP contribution in [0.3, 0.4) is 0 Å². The zero-order chi connectivity index (χ0) is 22.6. The Labute approximate surface area is 179 Å². The van der Waals surface area contributed by atoms with Crippen molar-refractivity contribution in [1.29, 1.82) is 0 Å². The summed E-state index contributed by atoms with van der Waals surface area (Å²) in [7, 11) is 0. The van der Waals surface area contributed by atoms with Crippen LogP contribution in [0.1, 0.15) is 49.4 Å². The number of anilines is 1. The van der Waals surface area contributed by atoms with Crippen LogP contribution in [0.15, 0.2) is 42.5 Å². The summed E-state index contributed by atoms with van der Waals surface area (Å²) in [5.41, 5.74) is 0.216. The second kappa shape index (κ2) is 12.4. The highest BCUT2D eigenvalue weighted by molar-refractivity contribution is 5.98. The second-order valence-corrected chi connectivity index (χ2v) is 6.84. The standard InChI is InChI=1S/C23H25F2NO5/c1-2-3-4-13-30-18-8-5-16(6-9-18)21(27)11-12-23(29)31-15-22(28)26-20-10-7-17(24)14-19(20)25/h5-10,14H,2-4,11-13,15H2,1H3,(H,26,28). The van der Waals surface area contributed by atoms with Crippen LogP contribution < -0.4 is 10.1 Å². The van der Waals surface area contributed by atoms with E-state index in [9.17, 15) is 23.2 Å². The molecule has 0 saturated heterocycles. The van der Waals surface area contributed by atoms with Crippen LogP contribution >= 0.6 is 0 Å². The Bertz CT molecular complexity index is 899. The van der Waals surface area contributed by atoms with E-state index in [0.29, 0.717) is 24.0 Å². The molecule has 2 aromatic carbocycles. The number of amides is 1. The molecule has 2 aromatic rings. The molecule has 0 spiro atoms. The molecule has 0 bridgehead atoms. The summed E-state index contributed by atoms with van der Waals surface area (Å²) in [6.07, 6.45) is 2.89. The largest absolute Gasteiger partial charge is 0.494 e. The van der Waals surface area contributed by atoms with Crippen molar-refractivity contribution in [2.45, 2.75) is 39.0 Å². The minimum absolute atomic E-state index is 0.0796. The van der Waals surface area contributed by atoms with Crippen molar-refractivity contribution in [2.75, 3.05) is 18.5 Å². The van der Waals surface area contributed by atoms with Crippen LogP contribution in [-0.2, 0) is 14.3 Å². The van der Waals surface area contributed by atoms with Crippen molar-refractivity contribution >= 4 is 23.3 Å². The van der Waals surface area contributed by atoms with E-state index in [1.165, 1.54) is 0 Å². The molecule has 0 atom stereocenters. The highest BCUT2D eigenvalue weighted by Crippen LogP contribution is 2.16. The molecular formula is C23H25F2NO5. The number of carbonyl (C=O) groups is 3. The van der Waals surface area contributed by atoms with E-state index in [1.807, 2.05) is 0 Å². The van der Waals surface area contributed by atoms with E-state index in [4.69, 9.17) is 9.47 Å². The fourth-order valence-corrected chi connectivity index (χ4v) is 2.63. The normalized spacial score (nSPS) is 10.4. The van der Waals surface area contributed by atoms with E-state index < -0.39 is 30.1 Å². The number of nitrogens with one attached hydrogen (secondary N) is 1. The Morgan fingerprint density at radius 2 is 1.71 bits per heavy atom. The van der Waals surface area contributed by atoms with Gasteiger partial charge >= 0.3 is 5.97 Å². The number of carbonyl (C=O) groups excluding carboxylic acids is 3. The maximum absolute atomic E-state index is 13.5. The highest BCUT2D eigenvalue weighted by Gasteiger charge is 2.13. The summed E-state index contributed by atoms with van der Waals surface area (Å²) >= 11 is 0. The Morgan fingerprint density at radius 1 is 0.968 bits per heavy atom. The zero-order valence-corrected chi connectivity index (χ0v) is 17.3. The lowest BCUT2D eigenvalue weighted by Crippen LogP contribution is -2.21. The van der Waals surface area contributed by atoms with E-state index >= 15 is 0 Å². The number of ketones is 1. The summed E-state index contributed by atoms with van der Waals surface area (Å²) in [4.78, 5) is 35.7. The fourth-order valence-electron chi connectivity index (χ4n) is 2.63. The third kappa shape index (κ3) is 8.54. The van der Waals surface area contributed by atoms with E-state index in [-0.39, 0.29) is 24.3 Å². The smallest absolute Gasteiger partial charge is 0.306 e. The summed E-state index contributed by atoms with van der Waals surface area (Å²) in [5.74, 6) is -2.80. The van der Waals surface area contributed by atoms with Gasteiger partial charge in [0, 0.05) is 18.1 Å². The Balaban J connectivity index is 1.70. The van der Waals surface area contributed by atoms with Gasteiger partial charge in [0.1, 0.15) is 17.4 Å². The number of hydrogen-bond acceptors (Lipinski definition) is 5. The number of unbranched alkanes of at least 4 members (excludes halogenated alkanes) is 2. The van der Waals surface area contributed by atoms with Gasteiger partial charge in [-0.05, 0) is 42.8 Å². The molecule has 0 unspecified atom stereocenters. The predicted octanol–water partition coefficient (Wildman–Crippen LogP) is 4.68. The molecule has 0 fully saturated rings. The van der Waals surface area contributed by atoms with Crippen molar-refractivity contribution in [3.05, 3.63) is 59.7 Å². The Kier molecular flexibility index (Phi) is 9.61. The van der Waals surface area contributed by atoms with Gasteiger partial charge in [-0.25, -0.2) is 8.78 Å². The average molecular weight is 433 g/mol. The van der Waals surface area contributed by atoms with E-state index in [0.717, 1.165) is 31.4 Å². The second-order valence-electron chi connectivity index (χ2n) is 6.84. The molecule has 6 nitrogen and oxygen atoms in total. The average Bonchev–Trinajstić information content (AvgIpc) is 2.76. The molecule has 0 aromatic heterocycles. The number of Topliss-reactive ketones (excluding diaryl/α,β-unsaturated/α-hetero) is 1. The maximum Gasteiger partial charge on any atom is 0.306 e. The molecule has 0 saturated carbocycles. The number of hydrogen-bond donors (Lipinski definition) is 1. The van der Waals surface area contributed by atoms with E-state index in [1.54, 1.807) is 24.3 Å². The maximum atomic E-state index is 13.5. The van der Waals surface area contributed by atoms with Gasteiger partial charge in [-0.2, -0.15) is 0 Å². The molecule has 0 heterocycles. The van der Waals surface area contributed by atoms with Gasteiger partial charge in [0.05, 0.1) is 18.7 Å². The molecule has 31 heavy (non-hydrogen) atoms. The first-order valence-corrected chi connectivity index (χ1v) is 10.1. The van der Waals surface area contributed by atoms with Crippen LogP contribution in [0.2, 0.25) is 0 Å². The highest BCUT2D eigenvalue weighted by atomic mass is 19.1. The minimum Gasteiger partial charge on any atom is -0.494 e. The van der Waals surface area contributed by atoms with Crippen molar-refractivity contribution in [3.63, 3.8) is 0 Å². The summed E-state index contributed by atoms with van der Waals surface area (Å²) in [5, 5.41) is 2.17. The zero-order valence-electron chi connectivity index (χ0n) is 17.3. The lowest BCUT2D eigenvalue weighted by Gasteiger charge is -2.08. The Hall–Kier alpha value is -3.29. The topological polar surface area (TPSA) is 81.7 Å². The van der Waals surface area contributed by atoms with Crippen molar-refractivity contribution in [3.8, 4) is 5.75 Å². The molecule has 0 aliphatic rings. The molecule has 1 N–H and O–H groups in total. The monoisotopic (exact) mass is 433 g/mol. The van der Waals surface area contributed by atoms with Gasteiger partial charge in [-0.15, -0.1) is 0 Å². The lowest BCUT2D eigenvalue weighted by atomic mass is 10.1. The first-order valence-electron chi connectivity index (χ1n) is 10.1. The van der Waals surface area contributed by atoms with Gasteiger partial charge in [0.15, 0.2) is 12.4 Å². The van der Waals surface area contributed by atoms with Crippen LogP contribution in [0.4, 0.5) is 14.5 Å². The number of ether oxygens (including phenoxy) is 2. The minimum atomic E-state index is -0.942. The third-order valence-electron chi connectivity index (χ3n) is 4.32. The van der Waals surface area contributed by atoms with Gasteiger partial charge in [0.2, 0.25) is 0 Å². The van der Waals surface area contributed by atoms with Gasteiger partial charge < -0.3 is 14.8 Å². The van der Waals surface area contributed by atoms with Gasteiger partial charge in [-0.3, -0.25) is 14.4 Å². The van der Waals surface area contributed by atoms with Crippen molar-refractivity contribution < 1.29 is 32.6 Å². The third-order valence-corrected chi connectivity index (χ3v) is 4.32. The number of esters is 1. The number of rotatable bonds is 12. The molecule has 8 heteroatoms. The van der Waals surface area contributed by atoms with Crippen LogP contribution in [0, 0.1) is 11.6 Å². The Morgan fingerprint density at radius 3 is 2.39 bits per heavy atom. The van der Waals surface area contributed by atoms with Crippen molar-refractivity contribution in [1.82, 2.24) is 0 Å². The number of benzene rings is 2. The first-order chi connectivity index (χ1) is 14.9. The molecule has 166 valence electrons. The first kappa shape index (κ1) is 24.0.